The van der Waals surface area contributed by atoms with E-state index >= 15 is 0 Å². The van der Waals surface area contributed by atoms with E-state index in [1.165, 1.54) is 33.9 Å². The molecule has 28 heavy (non-hydrogen) atoms. The molecular weight excluding hydrogens is 454 g/mol. The standard InChI is InChI=1S/C23H17BrClNOS/c1-12-8-15(24)11-19-22(12)18-10-14-9-16(25)4-5-17(14)26(18)23(27-19)21-7-6-20(28-21)13-2-3-13/h4-11,13,23H,2-3H2,1H3. The lowest BCUT2D eigenvalue weighted by Gasteiger charge is -2.30. The van der Waals surface area contributed by atoms with E-state index in [2.05, 4.69) is 63.8 Å². The van der Waals surface area contributed by atoms with E-state index < -0.39 is 0 Å². The van der Waals surface area contributed by atoms with E-state index in [0.29, 0.717) is 0 Å². The molecule has 0 radical (unpaired) electrons. The summed E-state index contributed by atoms with van der Waals surface area (Å²) < 4.78 is 10.00. The number of ether oxygens (including phenoxy) is 1. The fourth-order valence-corrected chi connectivity index (χ4v) is 6.17. The summed E-state index contributed by atoms with van der Waals surface area (Å²) in [4.78, 5) is 2.73. The highest BCUT2D eigenvalue weighted by molar-refractivity contribution is 9.10. The third kappa shape index (κ3) is 2.58. The molecule has 5 heteroatoms. The van der Waals surface area contributed by atoms with Crippen LogP contribution in [0.1, 0.15) is 40.3 Å². The van der Waals surface area contributed by atoms with Gasteiger partial charge in [0.25, 0.3) is 0 Å². The van der Waals surface area contributed by atoms with Crippen LogP contribution in [0.2, 0.25) is 5.02 Å². The minimum Gasteiger partial charge on any atom is -0.464 e. The maximum atomic E-state index is 6.63. The van der Waals surface area contributed by atoms with Crippen LogP contribution in [0.3, 0.4) is 0 Å². The molecule has 2 aromatic carbocycles. The Morgan fingerprint density at radius 3 is 2.71 bits per heavy atom. The SMILES string of the molecule is Cc1cc(Br)cc2c1-c1cc3cc(Cl)ccc3n1C(c1ccc(C3CC3)s1)O2. The second-order valence-electron chi connectivity index (χ2n) is 7.68. The van der Waals surface area contributed by atoms with Crippen LogP contribution in [-0.4, -0.2) is 4.57 Å². The number of fused-ring (bicyclic) bond motifs is 5. The van der Waals surface area contributed by atoms with E-state index in [-0.39, 0.29) is 6.23 Å². The van der Waals surface area contributed by atoms with Crippen molar-refractivity contribution in [3.8, 4) is 17.0 Å². The third-order valence-corrected chi connectivity index (χ3v) is 7.64. The number of hydrogen-bond acceptors (Lipinski definition) is 2. The number of nitrogens with zero attached hydrogens (tertiary/aromatic N) is 1. The Kier molecular flexibility index (Phi) is 3.75. The summed E-state index contributed by atoms with van der Waals surface area (Å²) in [5.74, 6) is 1.69. The molecule has 0 saturated heterocycles. The summed E-state index contributed by atoms with van der Waals surface area (Å²) >= 11 is 11.8. The summed E-state index contributed by atoms with van der Waals surface area (Å²) in [6.07, 6.45) is 2.47. The van der Waals surface area contributed by atoms with Gasteiger partial charge in [-0.3, -0.25) is 4.57 Å². The lowest BCUT2D eigenvalue weighted by atomic mass is 10.0. The van der Waals surface area contributed by atoms with Gasteiger partial charge in [0.2, 0.25) is 6.23 Å². The van der Waals surface area contributed by atoms with Gasteiger partial charge in [-0.15, -0.1) is 11.3 Å². The van der Waals surface area contributed by atoms with Crippen molar-refractivity contribution in [3.05, 3.63) is 73.3 Å². The van der Waals surface area contributed by atoms with Crippen molar-refractivity contribution in [2.45, 2.75) is 31.9 Å². The van der Waals surface area contributed by atoms with Crippen LogP contribution in [0.5, 0.6) is 5.75 Å². The van der Waals surface area contributed by atoms with Crippen LogP contribution in [0.25, 0.3) is 22.2 Å². The van der Waals surface area contributed by atoms with Gasteiger partial charge in [-0.2, -0.15) is 0 Å². The van der Waals surface area contributed by atoms with Crippen molar-refractivity contribution in [3.63, 3.8) is 0 Å². The van der Waals surface area contributed by atoms with Crippen molar-refractivity contribution < 1.29 is 4.74 Å². The molecule has 0 spiro atoms. The zero-order valence-electron chi connectivity index (χ0n) is 15.2. The smallest absolute Gasteiger partial charge is 0.212 e. The summed E-state index contributed by atoms with van der Waals surface area (Å²) in [5, 5.41) is 1.90. The number of aryl methyl sites for hydroxylation is 1. The molecule has 0 N–H and O–H groups in total. The second kappa shape index (κ2) is 6.12. The Morgan fingerprint density at radius 2 is 1.89 bits per heavy atom. The second-order valence-corrected chi connectivity index (χ2v) is 10.2. The van der Waals surface area contributed by atoms with Gasteiger partial charge in [-0.05, 0) is 79.8 Å². The van der Waals surface area contributed by atoms with Crippen LogP contribution in [0.4, 0.5) is 0 Å². The van der Waals surface area contributed by atoms with Gasteiger partial charge in [0.1, 0.15) is 5.75 Å². The molecule has 0 amide bonds. The fraction of sp³-hybridized carbons (Fsp3) is 0.217. The van der Waals surface area contributed by atoms with Crippen LogP contribution in [-0.2, 0) is 0 Å². The molecule has 1 aliphatic carbocycles. The molecule has 2 aromatic heterocycles. The summed E-state index contributed by atoms with van der Waals surface area (Å²) in [7, 11) is 0. The number of hydrogen-bond donors (Lipinski definition) is 0. The Hall–Kier alpha value is -1.75. The van der Waals surface area contributed by atoms with Gasteiger partial charge in [0.15, 0.2) is 0 Å². The number of halogens is 2. The van der Waals surface area contributed by atoms with E-state index in [9.17, 15) is 0 Å². The Bertz CT molecular complexity index is 1250. The van der Waals surface area contributed by atoms with E-state index in [1.54, 1.807) is 0 Å². The molecule has 3 heterocycles. The predicted octanol–water partition coefficient (Wildman–Crippen LogP) is 7.91. The first-order chi connectivity index (χ1) is 13.6. The summed E-state index contributed by atoms with van der Waals surface area (Å²) in [6.45, 7) is 2.14. The number of rotatable bonds is 2. The maximum Gasteiger partial charge on any atom is 0.212 e. The highest BCUT2D eigenvalue weighted by atomic mass is 79.9. The van der Waals surface area contributed by atoms with Crippen molar-refractivity contribution in [1.82, 2.24) is 4.57 Å². The number of aromatic nitrogens is 1. The molecule has 6 rings (SSSR count). The normalized spacial score (nSPS) is 18.0. The Morgan fingerprint density at radius 1 is 1.07 bits per heavy atom. The monoisotopic (exact) mass is 469 g/mol. The zero-order chi connectivity index (χ0) is 19.0. The molecule has 2 aliphatic rings. The molecule has 1 aliphatic heterocycles. The molecular formula is C23H17BrClNOS. The summed E-state index contributed by atoms with van der Waals surface area (Å²) in [6, 6.07) is 17.1. The topological polar surface area (TPSA) is 14.2 Å². The molecule has 0 bridgehead atoms. The molecule has 2 nitrogen and oxygen atoms in total. The van der Waals surface area contributed by atoms with Gasteiger partial charge in [0.05, 0.1) is 16.1 Å². The van der Waals surface area contributed by atoms with Crippen LogP contribution < -0.4 is 4.74 Å². The average Bonchev–Trinajstić information content (AvgIpc) is 3.26. The van der Waals surface area contributed by atoms with E-state index in [0.717, 1.165) is 37.6 Å². The van der Waals surface area contributed by atoms with Gasteiger partial charge < -0.3 is 4.74 Å². The van der Waals surface area contributed by atoms with Crippen molar-refractivity contribution in [2.75, 3.05) is 0 Å². The van der Waals surface area contributed by atoms with Crippen LogP contribution in [0, 0.1) is 6.92 Å². The molecule has 4 aromatic rings. The van der Waals surface area contributed by atoms with Crippen molar-refractivity contribution >= 4 is 49.8 Å². The fourth-order valence-electron chi connectivity index (χ4n) is 4.23. The van der Waals surface area contributed by atoms with E-state index in [1.807, 2.05) is 23.5 Å². The first kappa shape index (κ1) is 17.1. The summed E-state index contributed by atoms with van der Waals surface area (Å²) in [5.41, 5.74) is 4.70. The van der Waals surface area contributed by atoms with Crippen molar-refractivity contribution in [2.24, 2.45) is 0 Å². The van der Waals surface area contributed by atoms with E-state index in [4.69, 9.17) is 16.3 Å². The lowest BCUT2D eigenvalue weighted by Crippen LogP contribution is -2.21. The van der Waals surface area contributed by atoms with Gasteiger partial charge in [0, 0.05) is 25.3 Å². The Balaban J connectivity index is 1.62. The first-order valence-electron chi connectivity index (χ1n) is 9.46. The molecule has 1 saturated carbocycles. The average molecular weight is 471 g/mol. The molecule has 1 fully saturated rings. The maximum absolute atomic E-state index is 6.63. The van der Waals surface area contributed by atoms with Gasteiger partial charge >= 0.3 is 0 Å². The highest BCUT2D eigenvalue weighted by Crippen LogP contribution is 2.49. The minimum absolute atomic E-state index is 0.160. The molecule has 140 valence electrons. The third-order valence-electron chi connectivity index (χ3n) is 5.66. The Labute approximate surface area is 180 Å². The minimum atomic E-state index is -0.160. The van der Waals surface area contributed by atoms with Gasteiger partial charge in [-0.25, -0.2) is 0 Å². The highest BCUT2D eigenvalue weighted by Gasteiger charge is 2.33. The largest absolute Gasteiger partial charge is 0.464 e. The lowest BCUT2D eigenvalue weighted by molar-refractivity contribution is 0.177. The first-order valence-corrected chi connectivity index (χ1v) is 11.4. The van der Waals surface area contributed by atoms with Gasteiger partial charge in [-0.1, -0.05) is 27.5 Å². The number of thiophene rings is 1. The molecule has 1 atom stereocenters. The van der Waals surface area contributed by atoms with Crippen LogP contribution in [0.15, 0.2) is 53.0 Å². The van der Waals surface area contributed by atoms with Crippen molar-refractivity contribution in [1.29, 1.82) is 0 Å². The predicted molar refractivity (Wildman–Crippen MR) is 120 cm³/mol. The quantitative estimate of drug-likeness (QED) is 0.290. The molecule has 1 unspecified atom stereocenters. The van der Waals surface area contributed by atoms with Crippen LogP contribution >= 0.6 is 38.9 Å². The number of benzene rings is 2. The zero-order valence-corrected chi connectivity index (χ0v) is 18.4.